The van der Waals surface area contributed by atoms with Crippen molar-refractivity contribution in [3.05, 3.63) is 60.8 Å². The Balaban J connectivity index is 1.67. The fraction of sp³-hybridized carbons (Fsp3) is 0.167. The topological polar surface area (TPSA) is 93.4 Å². The summed E-state index contributed by atoms with van der Waals surface area (Å²) in [5.41, 5.74) is 0.778. The Hall–Kier alpha value is -3.62. The molecule has 0 aliphatic rings. The number of benzene rings is 1. The molecule has 0 fully saturated rings. The van der Waals surface area contributed by atoms with Gasteiger partial charge in [0.25, 0.3) is 0 Å². The van der Waals surface area contributed by atoms with Gasteiger partial charge in [0.1, 0.15) is 17.5 Å². The van der Waals surface area contributed by atoms with Gasteiger partial charge in [-0.2, -0.15) is 4.98 Å². The smallest absolute Gasteiger partial charge is 0.225 e. The van der Waals surface area contributed by atoms with E-state index < -0.39 is 5.82 Å². The summed E-state index contributed by atoms with van der Waals surface area (Å²) < 4.78 is 14.9. The summed E-state index contributed by atoms with van der Waals surface area (Å²) in [6, 6.07) is 7.39. The van der Waals surface area contributed by atoms with Gasteiger partial charge in [0, 0.05) is 18.6 Å². The average Bonchev–Trinajstić information content (AvgIpc) is 3.07. The molecule has 136 valence electrons. The standard InChI is InChI=1S/C18H17FN8/c1-11(16-20-7-12(19)8-21-16)23-18-24-14-6-4-3-5-13(14)17(26-18)25-15-9-27(2)10-22-15/h3-11H,1-2H3,(H2,23,24,25,26). The monoisotopic (exact) mass is 364 g/mol. The molecular formula is C18H17FN8. The van der Waals surface area contributed by atoms with Crippen molar-refractivity contribution in [3.8, 4) is 0 Å². The Kier molecular flexibility index (Phi) is 4.33. The van der Waals surface area contributed by atoms with Crippen LogP contribution in [0.15, 0.2) is 49.2 Å². The normalized spacial score (nSPS) is 12.1. The summed E-state index contributed by atoms with van der Waals surface area (Å²) in [5, 5.41) is 7.27. The molecule has 0 aliphatic heterocycles. The highest BCUT2D eigenvalue weighted by molar-refractivity contribution is 5.91. The molecule has 0 spiro atoms. The lowest BCUT2D eigenvalue weighted by molar-refractivity contribution is 0.604. The fourth-order valence-electron chi connectivity index (χ4n) is 2.64. The first-order chi connectivity index (χ1) is 13.1. The van der Waals surface area contributed by atoms with E-state index in [9.17, 15) is 4.39 Å². The van der Waals surface area contributed by atoms with Crippen LogP contribution in [0.3, 0.4) is 0 Å². The molecule has 0 radical (unpaired) electrons. The number of nitrogens with one attached hydrogen (secondary N) is 2. The van der Waals surface area contributed by atoms with E-state index in [0.29, 0.717) is 23.4 Å². The molecule has 0 bridgehead atoms. The highest BCUT2D eigenvalue weighted by atomic mass is 19.1. The SMILES string of the molecule is CC(Nc1nc(Nc2cn(C)cn2)c2ccccc2n1)c1ncc(F)cn1. The quantitative estimate of drug-likeness (QED) is 0.561. The molecule has 9 heteroatoms. The van der Waals surface area contributed by atoms with Gasteiger partial charge in [0.15, 0.2) is 5.82 Å². The second kappa shape index (κ2) is 6.94. The second-order valence-electron chi connectivity index (χ2n) is 6.09. The predicted molar refractivity (Wildman–Crippen MR) is 100 cm³/mol. The number of para-hydroxylation sites is 1. The molecule has 0 amide bonds. The third kappa shape index (κ3) is 3.66. The van der Waals surface area contributed by atoms with Crippen LogP contribution in [0.4, 0.5) is 22.0 Å². The van der Waals surface area contributed by atoms with Crippen molar-refractivity contribution in [2.45, 2.75) is 13.0 Å². The van der Waals surface area contributed by atoms with E-state index in [0.717, 1.165) is 23.3 Å². The maximum Gasteiger partial charge on any atom is 0.225 e. The van der Waals surface area contributed by atoms with Crippen LogP contribution in [0, 0.1) is 5.82 Å². The predicted octanol–water partition coefficient (Wildman–Crippen LogP) is 3.21. The minimum atomic E-state index is -0.477. The van der Waals surface area contributed by atoms with Crippen molar-refractivity contribution < 1.29 is 4.39 Å². The lowest BCUT2D eigenvalue weighted by Gasteiger charge is -2.14. The van der Waals surface area contributed by atoms with Crippen LogP contribution >= 0.6 is 0 Å². The van der Waals surface area contributed by atoms with E-state index >= 15 is 0 Å². The zero-order chi connectivity index (χ0) is 18.8. The fourth-order valence-corrected chi connectivity index (χ4v) is 2.64. The summed E-state index contributed by atoms with van der Waals surface area (Å²) in [5.74, 6) is 1.70. The van der Waals surface area contributed by atoms with Crippen molar-refractivity contribution in [1.82, 2.24) is 29.5 Å². The molecule has 1 unspecified atom stereocenters. The zero-order valence-electron chi connectivity index (χ0n) is 14.8. The van der Waals surface area contributed by atoms with Crippen molar-refractivity contribution in [2.24, 2.45) is 7.05 Å². The molecule has 1 atom stereocenters. The van der Waals surface area contributed by atoms with E-state index in [1.165, 1.54) is 0 Å². The van der Waals surface area contributed by atoms with E-state index in [4.69, 9.17) is 0 Å². The van der Waals surface area contributed by atoms with Crippen LogP contribution < -0.4 is 10.6 Å². The van der Waals surface area contributed by atoms with Gasteiger partial charge in [-0.25, -0.2) is 24.3 Å². The van der Waals surface area contributed by atoms with Gasteiger partial charge in [-0.1, -0.05) is 12.1 Å². The van der Waals surface area contributed by atoms with Crippen LogP contribution in [0.1, 0.15) is 18.8 Å². The Morgan fingerprint density at radius 1 is 1.07 bits per heavy atom. The van der Waals surface area contributed by atoms with E-state index in [1.54, 1.807) is 6.33 Å². The van der Waals surface area contributed by atoms with Gasteiger partial charge in [-0.15, -0.1) is 0 Å². The van der Waals surface area contributed by atoms with Crippen LogP contribution in [0.2, 0.25) is 0 Å². The van der Waals surface area contributed by atoms with Gasteiger partial charge in [0.05, 0.1) is 30.3 Å². The molecule has 27 heavy (non-hydrogen) atoms. The average molecular weight is 364 g/mol. The maximum atomic E-state index is 13.0. The zero-order valence-corrected chi connectivity index (χ0v) is 14.8. The Labute approximate surface area is 154 Å². The van der Waals surface area contributed by atoms with Crippen LogP contribution in [0.5, 0.6) is 0 Å². The van der Waals surface area contributed by atoms with Gasteiger partial charge in [-0.3, -0.25) is 0 Å². The number of hydrogen-bond acceptors (Lipinski definition) is 7. The van der Waals surface area contributed by atoms with E-state index in [1.807, 2.05) is 49.0 Å². The van der Waals surface area contributed by atoms with Gasteiger partial charge >= 0.3 is 0 Å². The number of nitrogens with zero attached hydrogens (tertiary/aromatic N) is 6. The molecule has 3 aromatic heterocycles. The van der Waals surface area contributed by atoms with Crippen LogP contribution in [0.25, 0.3) is 10.9 Å². The number of fused-ring (bicyclic) bond motifs is 1. The summed E-state index contributed by atoms with van der Waals surface area (Å²) >= 11 is 0. The number of aromatic nitrogens is 6. The Morgan fingerprint density at radius 2 is 1.85 bits per heavy atom. The van der Waals surface area contributed by atoms with Gasteiger partial charge in [0.2, 0.25) is 5.95 Å². The minimum Gasteiger partial charge on any atom is -0.344 e. The molecule has 0 aliphatic carbocycles. The minimum absolute atomic E-state index is 0.297. The summed E-state index contributed by atoms with van der Waals surface area (Å²) in [7, 11) is 1.90. The van der Waals surface area contributed by atoms with E-state index in [2.05, 4.69) is 35.6 Å². The first kappa shape index (κ1) is 16.8. The summed E-state index contributed by atoms with van der Waals surface area (Å²) in [4.78, 5) is 21.4. The number of hydrogen-bond donors (Lipinski definition) is 2. The molecule has 1 aromatic carbocycles. The van der Waals surface area contributed by atoms with Crippen LogP contribution in [-0.4, -0.2) is 29.5 Å². The lowest BCUT2D eigenvalue weighted by atomic mass is 10.2. The highest BCUT2D eigenvalue weighted by Crippen LogP contribution is 2.25. The number of rotatable bonds is 5. The number of aryl methyl sites for hydroxylation is 1. The van der Waals surface area contributed by atoms with Gasteiger partial charge in [-0.05, 0) is 19.1 Å². The largest absolute Gasteiger partial charge is 0.344 e. The molecule has 2 N–H and O–H groups in total. The third-order valence-corrected chi connectivity index (χ3v) is 3.93. The Bertz CT molecular complexity index is 1080. The number of halogens is 1. The van der Waals surface area contributed by atoms with E-state index in [-0.39, 0.29) is 6.04 Å². The molecule has 0 saturated heterocycles. The molecule has 3 heterocycles. The maximum absolute atomic E-state index is 13.0. The van der Waals surface area contributed by atoms with Crippen molar-refractivity contribution in [3.63, 3.8) is 0 Å². The molecule has 8 nitrogen and oxygen atoms in total. The van der Waals surface area contributed by atoms with Crippen molar-refractivity contribution in [2.75, 3.05) is 10.6 Å². The highest BCUT2D eigenvalue weighted by Gasteiger charge is 2.13. The second-order valence-corrected chi connectivity index (χ2v) is 6.09. The molecular weight excluding hydrogens is 347 g/mol. The molecule has 4 aromatic rings. The summed E-state index contributed by atoms with van der Waals surface area (Å²) in [6.07, 6.45) is 5.84. The van der Waals surface area contributed by atoms with Gasteiger partial charge < -0.3 is 15.2 Å². The molecule has 4 rings (SSSR count). The first-order valence-electron chi connectivity index (χ1n) is 8.34. The van der Waals surface area contributed by atoms with Crippen molar-refractivity contribution >= 4 is 28.5 Å². The third-order valence-electron chi connectivity index (χ3n) is 3.93. The number of imidazole rings is 1. The summed E-state index contributed by atoms with van der Waals surface area (Å²) in [6.45, 7) is 1.86. The van der Waals surface area contributed by atoms with Crippen molar-refractivity contribution in [1.29, 1.82) is 0 Å². The lowest BCUT2D eigenvalue weighted by Crippen LogP contribution is -2.13. The number of anilines is 3. The first-order valence-corrected chi connectivity index (χ1v) is 8.34. The molecule has 0 saturated carbocycles. The Morgan fingerprint density at radius 3 is 2.59 bits per heavy atom. The van der Waals surface area contributed by atoms with Crippen LogP contribution in [-0.2, 0) is 7.05 Å².